The van der Waals surface area contributed by atoms with E-state index in [1.165, 1.54) is 20.0 Å². The molecule has 0 radical (unpaired) electrons. The fourth-order valence-electron chi connectivity index (χ4n) is 1.06. The lowest BCUT2D eigenvalue weighted by Gasteiger charge is -2.19. The van der Waals surface area contributed by atoms with Gasteiger partial charge in [-0.2, -0.15) is 0 Å². The normalized spacial score (nSPS) is 11.2. The molecule has 0 fully saturated rings. The molecule has 0 aromatic carbocycles. The van der Waals surface area contributed by atoms with Gasteiger partial charge >= 0.3 is 5.97 Å². The molecule has 0 atom stereocenters. The lowest BCUT2D eigenvalue weighted by Crippen LogP contribution is -2.39. The molecule has 0 spiro atoms. The topological polar surface area (TPSA) is 79.3 Å². The average molecular weight is 326 g/mol. The van der Waals surface area contributed by atoms with Crippen LogP contribution < -0.4 is 5.32 Å². The number of halogens is 3. The first kappa shape index (κ1) is 16.0. The van der Waals surface area contributed by atoms with Crippen molar-refractivity contribution in [1.82, 2.24) is 10.3 Å². The summed E-state index contributed by atoms with van der Waals surface area (Å²) in [6, 6.07) is 0. The molecule has 1 amide bonds. The molecule has 1 rings (SSSR count). The maximum atomic E-state index is 11.8. The number of pyridine rings is 1. The van der Waals surface area contributed by atoms with Crippen LogP contribution in [0.25, 0.3) is 0 Å². The summed E-state index contributed by atoms with van der Waals surface area (Å²) < 4.78 is 0. The van der Waals surface area contributed by atoms with Crippen molar-refractivity contribution >= 4 is 46.7 Å². The second-order valence-electron chi connectivity index (χ2n) is 4.45. The molecule has 19 heavy (non-hydrogen) atoms. The Balaban J connectivity index is 2.86. The smallest absolute Gasteiger partial charge is 0.310 e. The Kier molecular flexibility index (Phi) is 5.01. The van der Waals surface area contributed by atoms with Crippen LogP contribution in [0.5, 0.6) is 0 Å². The van der Waals surface area contributed by atoms with Gasteiger partial charge in [-0.05, 0) is 13.8 Å². The first-order valence-electron chi connectivity index (χ1n) is 5.18. The van der Waals surface area contributed by atoms with E-state index in [4.69, 9.17) is 39.9 Å². The van der Waals surface area contributed by atoms with Gasteiger partial charge in [0.25, 0.3) is 5.91 Å². The van der Waals surface area contributed by atoms with Gasteiger partial charge in [0.15, 0.2) is 0 Å². The number of amides is 1. The highest BCUT2D eigenvalue weighted by atomic mass is 35.5. The molecule has 1 aromatic rings. The lowest BCUT2D eigenvalue weighted by atomic mass is 9.94. The predicted octanol–water partition coefficient (Wildman–Crippen LogP) is 2.88. The summed E-state index contributed by atoms with van der Waals surface area (Å²) in [5.74, 6) is -1.64. The highest BCUT2D eigenvalue weighted by Crippen LogP contribution is 2.31. The Hall–Kier alpha value is -1.04. The summed E-state index contributed by atoms with van der Waals surface area (Å²) in [5.41, 5.74) is -1.20. The van der Waals surface area contributed by atoms with Crippen LogP contribution in [0.1, 0.15) is 24.3 Å². The number of aromatic nitrogens is 1. The number of nitrogens with zero attached hydrogens (tertiary/aromatic N) is 1. The van der Waals surface area contributed by atoms with E-state index < -0.39 is 17.3 Å². The second-order valence-corrected chi connectivity index (χ2v) is 5.62. The highest BCUT2D eigenvalue weighted by Gasteiger charge is 2.28. The molecule has 0 aliphatic rings. The van der Waals surface area contributed by atoms with E-state index in [1.807, 2.05) is 0 Å². The Morgan fingerprint density at radius 3 is 2.42 bits per heavy atom. The van der Waals surface area contributed by atoms with Crippen molar-refractivity contribution in [1.29, 1.82) is 0 Å². The van der Waals surface area contributed by atoms with Crippen LogP contribution in [0.2, 0.25) is 15.1 Å². The summed E-state index contributed by atoms with van der Waals surface area (Å²) >= 11 is 17.3. The second kappa shape index (κ2) is 5.94. The Morgan fingerprint density at radius 1 is 1.32 bits per heavy atom. The molecule has 1 heterocycles. The molecule has 8 heteroatoms. The molecular weight excluding hydrogens is 314 g/mol. The van der Waals surface area contributed by atoms with Gasteiger partial charge in [0, 0.05) is 12.7 Å². The lowest BCUT2D eigenvalue weighted by molar-refractivity contribution is -0.146. The zero-order valence-corrected chi connectivity index (χ0v) is 12.4. The minimum absolute atomic E-state index is 0.0287. The third-order valence-corrected chi connectivity index (χ3v) is 3.64. The molecule has 0 saturated carbocycles. The standard InChI is InChI=1S/C11H11Cl3N2O3/c1-11(2,10(18)19)4-16-9(17)8-7(14)6(13)5(12)3-15-8/h3H,4H2,1-2H3,(H,16,17)(H,18,19). The van der Waals surface area contributed by atoms with Crippen LogP contribution in [0.3, 0.4) is 0 Å². The first-order valence-corrected chi connectivity index (χ1v) is 6.31. The number of carbonyl (C=O) groups excluding carboxylic acids is 1. The van der Waals surface area contributed by atoms with Gasteiger partial charge in [-0.15, -0.1) is 0 Å². The van der Waals surface area contributed by atoms with Crippen molar-refractivity contribution in [3.63, 3.8) is 0 Å². The van der Waals surface area contributed by atoms with Crippen molar-refractivity contribution < 1.29 is 14.7 Å². The van der Waals surface area contributed by atoms with Crippen LogP contribution in [-0.4, -0.2) is 28.5 Å². The number of carboxylic acids is 1. The van der Waals surface area contributed by atoms with E-state index in [-0.39, 0.29) is 27.3 Å². The molecule has 0 aliphatic heterocycles. The van der Waals surface area contributed by atoms with Crippen LogP contribution >= 0.6 is 34.8 Å². The number of rotatable bonds is 4. The van der Waals surface area contributed by atoms with E-state index in [1.54, 1.807) is 0 Å². The average Bonchev–Trinajstić information content (AvgIpc) is 2.33. The largest absolute Gasteiger partial charge is 0.481 e. The molecular formula is C11H11Cl3N2O3. The number of carboxylic acid groups (broad SMARTS) is 1. The summed E-state index contributed by atoms with van der Waals surface area (Å²) in [7, 11) is 0. The minimum atomic E-state index is -1.10. The highest BCUT2D eigenvalue weighted by molar-refractivity contribution is 6.48. The van der Waals surface area contributed by atoms with Crippen molar-refractivity contribution in [2.24, 2.45) is 5.41 Å². The number of hydrogen-bond donors (Lipinski definition) is 2. The SMILES string of the molecule is CC(C)(CNC(=O)c1ncc(Cl)c(Cl)c1Cl)C(=O)O. The quantitative estimate of drug-likeness (QED) is 0.892. The van der Waals surface area contributed by atoms with Gasteiger partial charge in [0.2, 0.25) is 0 Å². The van der Waals surface area contributed by atoms with Gasteiger partial charge in [0.1, 0.15) is 5.69 Å². The minimum Gasteiger partial charge on any atom is -0.481 e. The Morgan fingerprint density at radius 2 is 1.89 bits per heavy atom. The monoisotopic (exact) mass is 324 g/mol. The first-order chi connectivity index (χ1) is 8.66. The van der Waals surface area contributed by atoms with E-state index in [0.29, 0.717) is 0 Å². The molecule has 5 nitrogen and oxygen atoms in total. The Bertz CT molecular complexity index is 532. The summed E-state index contributed by atoms with van der Waals surface area (Å²) in [5, 5.41) is 11.5. The van der Waals surface area contributed by atoms with Gasteiger partial charge in [-0.25, -0.2) is 4.98 Å². The molecule has 0 aliphatic carbocycles. The van der Waals surface area contributed by atoms with Crippen molar-refractivity contribution in [3.8, 4) is 0 Å². The van der Waals surface area contributed by atoms with E-state index in [9.17, 15) is 9.59 Å². The zero-order chi connectivity index (χ0) is 14.8. The third kappa shape index (κ3) is 3.72. The molecule has 0 saturated heterocycles. The maximum Gasteiger partial charge on any atom is 0.310 e. The van der Waals surface area contributed by atoms with Gasteiger partial charge in [-0.3, -0.25) is 9.59 Å². The zero-order valence-electron chi connectivity index (χ0n) is 10.1. The Labute approximate surface area is 124 Å². The van der Waals surface area contributed by atoms with Gasteiger partial charge < -0.3 is 10.4 Å². The summed E-state index contributed by atoms with van der Waals surface area (Å²) in [4.78, 5) is 26.5. The van der Waals surface area contributed by atoms with Crippen LogP contribution in [-0.2, 0) is 4.79 Å². The third-order valence-electron chi connectivity index (χ3n) is 2.40. The van der Waals surface area contributed by atoms with Crippen LogP contribution in [0, 0.1) is 5.41 Å². The van der Waals surface area contributed by atoms with Crippen molar-refractivity contribution in [2.75, 3.05) is 6.54 Å². The number of nitrogens with one attached hydrogen (secondary N) is 1. The summed E-state index contributed by atoms with van der Waals surface area (Å²) in [6.45, 7) is 2.90. The summed E-state index contributed by atoms with van der Waals surface area (Å²) in [6.07, 6.45) is 1.20. The molecule has 0 unspecified atom stereocenters. The molecule has 104 valence electrons. The van der Waals surface area contributed by atoms with E-state index >= 15 is 0 Å². The molecule has 0 bridgehead atoms. The van der Waals surface area contributed by atoms with Crippen molar-refractivity contribution in [2.45, 2.75) is 13.8 Å². The van der Waals surface area contributed by atoms with Crippen molar-refractivity contribution in [3.05, 3.63) is 27.0 Å². The van der Waals surface area contributed by atoms with Crippen LogP contribution in [0.15, 0.2) is 6.20 Å². The van der Waals surface area contributed by atoms with E-state index in [0.717, 1.165) is 0 Å². The predicted molar refractivity (Wildman–Crippen MR) is 73.0 cm³/mol. The fourth-order valence-corrected chi connectivity index (χ4v) is 1.63. The molecule has 2 N–H and O–H groups in total. The van der Waals surface area contributed by atoms with Gasteiger partial charge in [-0.1, -0.05) is 34.8 Å². The van der Waals surface area contributed by atoms with Crippen LogP contribution in [0.4, 0.5) is 0 Å². The number of aliphatic carboxylic acids is 1. The molecule has 1 aromatic heterocycles. The fraction of sp³-hybridized carbons (Fsp3) is 0.364. The van der Waals surface area contributed by atoms with Gasteiger partial charge in [0.05, 0.1) is 20.5 Å². The van der Waals surface area contributed by atoms with E-state index in [2.05, 4.69) is 10.3 Å². The number of hydrogen-bond acceptors (Lipinski definition) is 3. The maximum absolute atomic E-state index is 11.8. The number of carbonyl (C=O) groups is 2.